The Morgan fingerprint density at radius 1 is 1.38 bits per heavy atom. The van der Waals surface area contributed by atoms with Gasteiger partial charge >= 0.3 is 5.97 Å². The molecule has 1 rings (SSSR count). The van der Waals surface area contributed by atoms with Gasteiger partial charge in [0.05, 0.1) is 7.11 Å². The number of hydrogen-bond donors (Lipinski definition) is 0. The molecule has 0 atom stereocenters. The van der Waals surface area contributed by atoms with Gasteiger partial charge in [-0.05, 0) is 36.5 Å². The number of methoxy groups -OCH3 is 1. The zero-order valence-electron chi connectivity index (χ0n) is 9.75. The predicted octanol–water partition coefficient (Wildman–Crippen LogP) is 3.08. The highest BCUT2D eigenvalue weighted by Crippen LogP contribution is 2.14. The number of alkyl halides is 1. The molecule has 0 saturated heterocycles. The monoisotopic (exact) mass is 332 g/mol. The van der Waals surface area contributed by atoms with E-state index >= 15 is 0 Å². The number of ether oxygens (including phenoxy) is 1. The molecule has 0 aliphatic rings. The molecule has 2 nitrogen and oxygen atoms in total. The van der Waals surface area contributed by atoms with E-state index in [1.807, 2.05) is 0 Å². The Kier molecular flexibility index (Phi) is 5.80. The summed E-state index contributed by atoms with van der Waals surface area (Å²) in [6.45, 7) is 2.10. The van der Waals surface area contributed by atoms with E-state index < -0.39 is 0 Å². The number of esters is 1. The summed E-state index contributed by atoms with van der Waals surface area (Å²) in [5.74, 6) is -0.143. The Hall–Kier alpha value is -0.580. The van der Waals surface area contributed by atoms with Gasteiger partial charge in [0.1, 0.15) is 0 Å². The van der Waals surface area contributed by atoms with Crippen LogP contribution in [0.4, 0.5) is 0 Å². The molecular formula is C13H17IO2. The first-order valence-electron chi connectivity index (χ1n) is 5.38. The van der Waals surface area contributed by atoms with Crippen molar-refractivity contribution < 1.29 is 9.53 Å². The Balaban J connectivity index is 2.64. The lowest BCUT2D eigenvalue weighted by atomic mass is 10.0. The fraction of sp³-hybridized carbons (Fsp3) is 0.462. The molecule has 0 N–H and O–H groups in total. The standard InChI is InChI=1S/C13H17IO2/c1-10-9-11(7-8-14)3-4-12(10)5-6-13(15)16-2/h3-4,9H,5-8H2,1-2H3. The third kappa shape index (κ3) is 4.12. The number of carbonyl (C=O) groups excluding carboxylic acids is 1. The van der Waals surface area contributed by atoms with Gasteiger partial charge in [0.15, 0.2) is 0 Å². The fourth-order valence-corrected chi connectivity index (χ4v) is 2.26. The number of rotatable bonds is 5. The summed E-state index contributed by atoms with van der Waals surface area (Å²) < 4.78 is 5.77. The van der Waals surface area contributed by atoms with E-state index in [0.717, 1.165) is 17.3 Å². The quantitative estimate of drug-likeness (QED) is 0.471. The Morgan fingerprint density at radius 3 is 2.69 bits per heavy atom. The lowest BCUT2D eigenvalue weighted by Gasteiger charge is -2.07. The van der Waals surface area contributed by atoms with E-state index in [0.29, 0.717) is 6.42 Å². The molecule has 0 aromatic heterocycles. The molecule has 0 fully saturated rings. The maximum absolute atomic E-state index is 11.0. The Bertz CT molecular complexity index is 361. The molecule has 0 aliphatic carbocycles. The van der Waals surface area contributed by atoms with Gasteiger partial charge in [-0.1, -0.05) is 40.8 Å². The van der Waals surface area contributed by atoms with Crippen LogP contribution in [0.2, 0.25) is 0 Å². The number of benzene rings is 1. The smallest absolute Gasteiger partial charge is 0.305 e. The molecule has 1 aromatic rings. The molecule has 88 valence electrons. The zero-order chi connectivity index (χ0) is 12.0. The van der Waals surface area contributed by atoms with Crippen molar-refractivity contribution in [1.82, 2.24) is 0 Å². The first-order valence-corrected chi connectivity index (χ1v) is 6.91. The van der Waals surface area contributed by atoms with Crippen LogP contribution in [0.5, 0.6) is 0 Å². The van der Waals surface area contributed by atoms with Crippen LogP contribution in [0.1, 0.15) is 23.1 Å². The molecule has 0 spiro atoms. The molecule has 0 aliphatic heterocycles. The van der Waals surface area contributed by atoms with E-state index in [9.17, 15) is 4.79 Å². The highest BCUT2D eigenvalue weighted by Gasteiger charge is 2.04. The van der Waals surface area contributed by atoms with E-state index in [4.69, 9.17) is 0 Å². The van der Waals surface area contributed by atoms with Crippen LogP contribution in [-0.2, 0) is 22.4 Å². The molecule has 0 bridgehead atoms. The molecule has 1 aromatic carbocycles. The Morgan fingerprint density at radius 2 is 2.12 bits per heavy atom. The van der Waals surface area contributed by atoms with Crippen LogP contribution in [-0.4, -0.2) is 17.5 Å². The molecule has 0 radical (unpaired) electrons. The second kappa shape index (κ2) is 6.89. The van der Waals surface area contributed by atoms with Crippen LogP contribution in [0, 0.1) is 6.92 Å². The van der Waals surface area contributed by atoms with Gasteiger partial charge in [-0.2, -0.15) is 0 Å². The molecule has 0 heterocycles. The van der Waals surface area contributed by atoms with Crippen LogP contribution < -0.4 is 0 Å². The maximum atomic E-state index is 11.0. The molecule has 0 unspecified atom stereocenters. The SMILES string of the molecule is COC(=O)CCc1ccc(CCI)cc1C. The average molecular weight is 332 g/mol. The summed E-state index contributed by atoms with van der Waals surface area (Å²) in [5.41, 5.74) is 3.88. The topological polar surface area (TPSA) is 26.3 Å². The summed E-state index contributed by atoms with van der Waals surface area (Å²) in [4.78, 5) is 11.0. The predicted molar refractivity (Wildman–Crippen MR) is 74.1 cm³/mol. The van der Waals surface area contributed by atoms with Gasteiger partial charge in [-0.3, -0.25) is 4.79 Å². The second-order valence-electron chi connectivity index (χ2n) is 3.78. The Labute approximate surface area is 111 Å². The van der Waals surface area contributed by atoms with Crippen molar-refractivity contribution in [2.75, 3.05) is 11.5 Å². The van der Waals surface area contributed by atoms with Gasteiger partial charge in [-0.25, -0.2) is 0 Å². The van der Waals surface area contributed by atoms with Gasteiger partial charge < -0.3 is 4.74 Å². The van der Waals surface area contributed by atoms with Crippen LogP contribution in [0.3, 0.4) is 0 Å². The largest absolute Gasteiger partial charge is 0.469 e. The van der Waals surface area contributed by atoms with Crippen LogP contribution in [0.25, 0.3) is 0 Å². The molecular weight excluding hydrogens is 315 g/mol. The van der Waals surface area contributed by atoms with Gasteiger partial charge in [0.25, 0.3) is 0 Å². The van der Waals surface area contributed by atoms with Crippen LogP contribution in [0.15, 0.2) is 18.2 Å². The van der Waals surface area contributed by atoms with Gasteiger partial charge in [0.2, 0.25) is 0 Å². The number of aryl methyl sites for hydroxylation is 3. The molecule has 0 saturated carbocycles. The van der Waals surface area contributed by atoms with E-state index in [-0.39, 0.29) is 5.97 Å². The highest BCUT2D eigenvalue weighted by atomic mass is 127. The molecule has 16 heavy (non-hydrogen) atoms. The minimum Gasteiger partial charge on any atom is -0.469 e. The summed E-state index contributed by atoms with van der Waals surface area (Å²) in [6.07, 6.45) is 2.34. The minimum absolute atomic E-state index is 0.143. The fourth-order valence-electron chi connectivity index (χ4n) is 1.64. The maximum Gasteiger partial charge on any atom is 0.305 e. The first kappa shape index (κ1) is 13.5. The van der Waals surface area contributed by atoms with E-state index in [1.54, 1.807) is 0 Å². The zero-order valence-corrected chi connectivity index (χ0v) is 11.9. The van der Waals surface area contributed by atoms with Gasteiger partial charge in [0, 0.05) is 10.8 Å². The molecule has 3 heteroatoms. The lowest BCUT2D eigenvalue weighted by Crippen LogP contribution is -2.03. The van der Waals surface area contributed by atoms with Crippen LogP contribution >= 0.6 is 22.6 Å². The van der Waals surface area contributed by atoms with Crippen molar-refractivity contribution in [2.24, 2.45) is 0 Å². The second-order valence-corrected chi connectivity index (χ2v) is 4.85. The minimum atomic E-state index is -0.143. The number of carbonyl (C=O) groups is 1. The average Bonchev–Trinajstić information content (AvgIpc) is 2.28. The normalized spacial score (nSPS) is 10.2. The lowest BCUT2D eigenvalue weighted by molar-refractivity contribution is -0.140. The van der Waals surface area contributed by atoms with E-state index in [2.05, 4.69) is 52.5 Å². The van der Waals surface area contributed by atoms with Gasteiger partial charge in [-0.15, -0.1) is 0 Å². The third-order valence-electron chi connectivity index (χ3n) is 2.62. The molecule has 0 amide bonds. The summed E-state index contributed by atoms with van der Waals surface area (Å²) in [7, 11) is 1.43. The van der Waals surface area contributed by atoms with Crippen molar-refractivity contribution in [2.45, 2.75) is 26.2 Å². The highest BCUT2D eigenvalue weighted by molar-refractivity contribution is 14.1. The van der Waals surface area contributed by atoms with Crippen molar-refractivity contribution in [3.05, 3.63) is 34.9 Å². The summed E-state index contributed by atoms with van der Waals surface area (Å²) in [5, 5.41) is 0. The number of hydrogen-bond acceptors (Lipinski definition) is 2. The number of halogens is 1. The summed E-state index contributed by atoms with van der Waals surface area (Å²) in [6, 6.07) is 6.49. The van der Waals surface area contributed by atoms with Crippen molar-refractivity contribution in [1.29, 1.82) is 0 Å². The van der Waals surface area contributed by atoms with Crippen molar-refractivity contribution in [3.63, 3.8) is 0 Å². The van der Waals surface area contributed by atoms with Crippen molar-refractivity contribution >= 4 is 28.6 Å². The van der Waals surface area contributed by atoms with E-state index in [1.165, 1.54) is 23.8 Å². The third-order valence-corrected chi connectivity index (χ3v) is 3.16. The van der Waals surface area contributed by atoms with Crippen molar-refractivity contribution in [3.8, 4) is 0 Å². The summed E-state index contributed by atoms with van der Waals surface area (Å²) >= 11 is 2.38. The first-order chi connectivity index (χ1) is 7.67.